The summed E-state index contributed by atoms with van der Waals surface area (Å²) in [7, 11) is 1.77. The number of benzene rings is 1. The first-order chi connectivity index (χ1) is 15.3. The molecule has 0 aliphatic carbocycles. The summed E-state index contributed by atoms with van der Waals surface area (Å²) in [5.74, 6) is 1.50. The summed E-state index contributed by atoms with van der Waals surface area (Å²) in [5, 5.41) is -0.0292. The molecule has 0 bridgehead atoms. The van der Waals surface area contributed by atoms with Crippen LogP contribution < -0.4 is 9.16 Å². The fourth-order valence-corrected chi connectivity index (χ4v) is 3.36. The molecule has 6 heteroatoms. The lowest BCUT2D eigenvalue weighted by atomic mass is 10.0. The van der Waals surface area contributed by atoms with E-state index in [0.717, 1.165) is 0 Å². The number of hydrogen-bond acceptors (Lipinski definition) is 4. The van der Waals surface area contributed by atoms with Gasteiger partial charge in [0, 0.05) is 0 Å². The van der Waals surface area contributed by atoms with Crippen LogP contribution in [0, 0.1) is 0 Å². The van der Waals surface area contributed by atoms with Crippen molar-refractivity contribution in [1.29, 1.82) is 0 Å². The third-order valence-electron chi connectivity index (χ3n) is 4.30. The number of hydrogen-bond donors (Lipinski definition) is 0. The van der Waals surface area contributed by atoms with Gasteiger partial charge < -0.3 is 13.9 Å². The summed E-state index contributed by atoms with van der Waals surface area (Å²) in [6, 6.07) is 10.5. The van der Waals surface area contributed by atoms with E-state index in [1.165, 1.54) is 0 Å². The molecule has 0 aliphatic heterocycles. The van der Waals surface area contributed by atoms with Gasteiger partial charge in [0.05, 0.1) is 18.7 Å². The van der Waals surface area contributed by atoms with Gasteiger partial charge in [-0.15, -0.1) is 6.58 Å². The quantitative estimate of drug-likeness (QED) is 0.128. The molecule has 0 N–H and O–H groups in total. The lowest BCUT2D eigenvalue weighted by Gasteiger charge is -2.18. The second kappa shape index (κ2) is 12.1. The van der Waals surface area contributed by atoms with Crippen molar-refractivity contribution in [2.45, 2.75) is 44.8 Å². The van der Waals surface area contributed by atoms with Crippen LogP contribution in [0.1, 0.15) is 55.0 Å². The van der Waals surface area contributed by atoms with E-state index in [2.05, 4.69) is 33.9 Å². The number of carbonyl (C=O) groups excluding carboxylic acids is 1. The summed E-state index contributed by atoms with van der Waals surface area (Å²) in [5.41, 5.74) is 0.476. The summed E-state index contributed by atoms with van der Waals surface area (Å²) in [6.45, 7) is 13.9. The topological polar surface area (TPSA) is 56.1 Å². The molecule has 1 unspecified atom stereocenters. The minimum Gasteiger partial charge on any atom is -0.532 e. The smallest absolute Gasteiger partial charge is 0.380 e. The van der Waals surface area contributed by atoms with Crippen LogP contribution in [0.3, 0.4) is 0 Å². The maximum Gasteiger partial charge on any atom is 0.380 e. The van der Waals surface area contributed by atoms with Gasteiger partial charge in [-0.3, -0.25) is 0 Å². The van der Waals surface area contributed by atoms with Crippen LogP contribution in [0.5, 0.6) is 11.5 Å². The Morgan fingerprint density at radius 1 is 1.22 bits per heavy atom. The van der Waals surface area contributed by atoms with Crippen molar-refractivity contribution in [3.63, 3.8) is 0 Å². The van der Waals surface area contributed by atoms with Crippen LogP contribution in [0.25, 0.3) is 0 Å². The summed E-state index contributed by atoms with van der Waals surface area (Å²) in [4.78, 5) is 12.3. The largest absolute Gasteiger partial charge is 0.532 e. The third kappa shape index (κ3) is 7.53. The number of esters is 1. The summed E-state index contributed by atoms with van der Waals surface area (Å²) < 4.78 is 23.4. The van der Waals surface area contributed by atoms with Crippen molar-refractivity contribution in [3.8, 4) is 11.5 Å². The van der Waals surface area contributed by atoms with E-state index < -0.39 is 5.97 Å². The molecule has 2 aromatic rings. The second-order valence-corrected chi connectivity index (χ2v) is 10.0. The molecule has 0 amide bonds. The predicted octanol–water partition coefficient (Wildman–Crippen LogP) is 6.54. The Balaban J connectivity index is 2.38. The first-order valence-corrected chi connectivity index (χ1v) is 11.3. The highest BCUT2D eigenvalue weighted by atomic mass is 28.2. The van der Waals surface area contributed by atoms with Gasteiger partial charge in [0.2, 0.25) is 12.4 Å². The molecule has 1 atom stereocenters. The fraction of sp³-hybridized carbons (Fsp3) is 0.308. The number of methoxy groups -OCH3 is 1. The molecular formula is C26H31O5Si+. The molecule has 0 saturated carbocycles. The summed E-state index contributed by atoms with van der Waals surface area (Å²) >= 11 is 0. The molecule has 5 nitrogen and oxygen atoms in total. The van der Waals surface area contributed by atoms with E-state index in [4.69, 9.17) is 18.3 Å². The van der Waals surface area contributed by atoms with E-state index >= 15 is 0 Å². The molecular weight excluding hydrogens is 420 g/mol. The van der Waals surface area contributed by atoms with Gasteiger partial charge in [-0.05, 0) is 23.6 Å². The highest BCUT2D eigenvalue weighted by molar-refractivity contribution is 6.32. The Labute approximate surface area is 193 Å². The summed E-state index contributed by atoms with van der Waals surface area (Å²) in [6.07, 6.45) is 8.02. The molecule has 0 spiro atoms. The minimum atomic E-state index is -0.426. The van der Waals surface area contributed by atoms with Crippen LogP contribution in [0.15, 0.2) is 78.3 Å². The number of carbonyl (C=O) groups is 1. The zero-order chi connectivity index (χ0) is 23.6. The van der Waals surface area contributed by atoms with E-state index in [0.29, 0.717) is 35.0 Å². The first kappa shape index (κ1) is 25.1. The molecule has 0 aliphatic rings. The van der Waals surface area contributed by atoms with Gasteiger partial charge in [0.15, 0.2) is 5.75 Å². The SMILES string of the molecule is C=C/C=C\CC(C=C)c1[o+]c(COC(=O)c2ccccc2)cc(OC)c1O[Si]C(C)(C)C. The van der Waals surface area contributed by atoms with Crippen LogP contribution >= 0.6 is 0 Å². The Morgan fingerprint density at radius 3 is 2.53 bits per heavy atom. The maximum atomic E-state index is 12.3. The molecule has 0 saturated heterocycles. The predicted molar refractivity (Wildman–Crippen MR) is 128 cm³/mol. The number of ether oxygens (including phenoxy) is 2. The molecule has 1 aromatic heterocycles. The first-order valence-electron chi connectivity index (χ1n) is 10.4. The minimum absolute atomic E-state index is 0.0292. The standard InChI is InChI=1S/C26H31O5Si/c1-7-9-11-14-19(8-2)23-24(31-32-26(3,4)5)22(28-6)17-21(30-23)18-29-25(27)20-15-12-10-13-16-20/h7-13,15-17,19H,1-2,14,18H2,3-6H3/q+1/b11-9-. The molecule has 0 fully saturated rings. The van der Waals surface area contributed by atoms with E-state index in [-0.39, 0.29) is 27.3 Å². The normalized spacial score (nSPS) is 12.2. The van der Waals surface area contributed by atoms with Crippen LogP contribution in [-0.2, 0) is 11.3 Å². The third-order valence-corrected chi connectivity index (χ3v) is 5.22. The lowest BCUT2D eigenvalue weighted by Crippen LogP contribution is -2.17. The van der Waals surface area contributed by atoms with Gasteiger partial charge in [-0.2, -0.15) is 0 Å². The van der Waals surface area contributed by atoms with E-state index in [1.54, 1.807) is 49.6 Å². The molecule has 2 radical (unpaired) electrons. The monoisotopic (exact) mass is 451 g/mol. The average Bonchev–Trinajstić information content (AvgIpc) is 2.78. The van der Waals surface area contributed by atoms with Crippen molar-refractivity contribution in [2.75, 3.05) is 7.11 Å². The van der Waals surface area contributed by atoms with Crippen molar-refractivity contribution >= 4 is 15.7 Å². The number of allylic oxidation sites excluding steroid dienone is 4. The highest BCUT2D eigenvalue weighted by Crippen LogP contribution is 2.40. The van der Waals surface area contributed by atoms with Crippen molar-refractivity contribution in [2.24, 2.45) is 0 Å². The van der Waals surface area contributed by atoms with Crippen molar-refractivity contribution < 1.29 is 23.1 Å². The van der Waals surface area contributed by atoms with Gasteiger partial charge in [-0.25, -0.2) is 9.21 Å². The van der Waals surface area contributed by atoms with Gasteiger partial charge in [0.1, 0.15) is 5.92 Å². The Kier molecular flexibility index (Phi) is 9.47. The van der Waals surface area contributed by atoms with Gasteiger partial charge >= 0.3 is 27.3 Å². The van der Waals surface area contributed by atoms with Crippen molar-refractivity contribution in [3.05, 3.63) is 90.9 Å². The van der Waals surface area contributed by atoms with Crippen LogP contribution in [0.2, 0.25) is 5.04 Å². The van der Waals surface area contributed by atoms with E-state index in [1.807, 2.05) is 18.2 Å². The van der Waals surface area contributed by atoms with Crippen LogP contribution in [0.4, 0.5) is 0 Å². The fourth-order valence-electron chi connectivity index (χ4n) is 2.75. The Hall–Kier alpha value is -3.12. The van der Waals surface area contributed by atoms with Gasteiger partial charge in [-0.1, -0.05) is 69.9 Å². The molecule has 32 heavy (non-hydrogen) atoms. The average molecular weight is 452 g/mol. The van der Waals surface area contributed by atoms with E-state index in [9.17, 15) is 4.79 Å². The molecule has 168 valence electrons. The molecule has 2 rings (SSSR count). The second-order valence-electron chi connectivity index (χ2n) is 8.11. The Bertz CT molecular complexity index is 945. The van der Waals surface area contributed by atoms with Crippen molar-refractivity contribution in [1.82, 2.24) is 0 Å². The lowest BCUT2D eigenvalue weighted by molar-refractivity contribution is 0.0440. The zero-order valence-corrected chi connectivity index (χ0v) is 20.2. The number of rotatable bonds is 11. The van der Waals surface area contributed by atoms with Gasteiger partial charge in [0.25, 0.3) is 0 Å². The molecule has 1 heterocycles. The zero-order valence-electron chi connectivity index (χ0n) is 19.2. The molecule has 1 aromatic carbocycles. The Morgan fingerprint density at radius 2 is 1.94 bits per heavy atom. The maximum absolute atomic E-state index is 12.3. The highest BCUT2D eigenvalue weighted by Gasteiger charge is 2.33. The van der Waals surface area contributed by atoms with Crippen LogP contribution in [-0.4, -0.2) is 22.8 Å².